The van der Waals surface area contributed by atoms with E-state index in [0.717, 1.165) is 22.3 Å². The van der Waals surface area contributed by atoms with Crippen molar-refractivity contribution in [2.24, 2.45) is 0 Å². The van der Waals surface area contributed by atoms with Crippen LogP contribution in [0.1, 0.15) is 58.4 Å². The van der Waals surface area contributed by atoms with Crippen LogP contribution >= 0.6 is 0 Å². The molecule has 0 bridgehead atoms. The van der Waals surface area contributed by atoms with Crippen LogP contribution in [-0.4, -0.2) is 41.9 Å². The van der Waals surface area contributed by atoms with Gasteiger partial charge in [0.2, 0.25) is 15.8 Å². The number of carboxylic acids is 1. The van der Waals surface area contributed by atoms with Gasteiger partial charge in [-0.1, -0.05) is 72.8 Å². The van der Waals surface area contributed by atoms with Crippen LogP contribution in [0, 0.1) is 6.92 Å². The van der Waals surface area contributed by atoms with Crippen molar-refractivity contribution in [3.05, 3.63) is 125 Å². The number of carbonyl (C=O) groups excluding carboxylic acids is 1. The fourth-order valence-corrected chi connectivity index (χ4v) is 6.59. The molecule has 0 saturated carbocycles. The normalized spacial score (nSPS) is 12.0. The van der Waals surface area contributed by atoms with Crippen LogP contribution in [-0.2, 0) is 27.7 Å². The highest BCUT2D eigenvalue weighted by molar-refractivity contribution is 7.89. The Morgan fingerprint density at radius 3 is 2.20 bits per heavy atom. The highest BCUT2D eigenvalue weighted by atomic mass is 32.2. The van der Waals surface area contributed by atoms with Gasteiger partial charge < -0.3 is 14.3 Å². The van der Waals surface area contributed by atoms with E-state index in [0.29, 0.717) is 28.5 Å². The van der Waals surface area contributed by atoms with Gasteiger partial charge in [-0.2, -0.15) is 4.31 Å². The summed E-state index contributed by atoms with van der Waals surface area (Å²) in [6, 6.07) is 28.7. The van der Waals surface area contributed by atoms with Crippen LogP contribution in [0.4, 0.5) is 0 Å². The molecule has 5 rings (SSSR count). The Morgan fingerprint density at radius 1 is 0.867 bits per heavy atom. The Labute approximate surface area is 262 Å². The maximum absolute atomic E-state index is 14.1. The molecule has 0 amide bonds. The fourth-order valence-electron chi connectivity index (χ4n) is 5.14. The Hall–Kier alpha value is -4.73. The monoisotopic (exact) mass is 625 g/mol. The van der Waals surface area contributed by atoms with Gasteiger partial charge in [-0.15, -0.1) is 0 Å². The molecule has 4 aromatic carbocycles. The van der Waals surface area contributed by atoms with Gasteiger partial charge in [0.15, 0.2) is 0 Å². The number of carbonyl (C=O) groups is 2. The van der Waals surface area contributed by atoms with Gasteiger partial charge in [-0.25, -0.2) is 18.0 Å². The van der Waals surface area contributed by atoms with Crippen molar-refractivity contribution in [3.63, 3.8) is 0 Å². The number of furan rings is 1. The third-order valence-corrected chi connectivity index (χ3v) is 9.24. The number of hydrogen-bond donors (Lipinski definition) is 1. The zero-order valence-corrected chi connectivity index (χ0v) is 26.4. The molecule has 8 nitrogen and oxygen atoms in total. The second kappa shape index (κ2) is 12.7. The van der Waals surface area contributed by atoms with Gasteiger partial charge in [0.05, 0.1) is 10.5 Å². The SMILES string of the molecule is Cc1c(C(=O)O)oc2ccc(S(=O)(=O)N(CCc3ccccc3)Cc3ccc(-c4ccccc4C(=O)OC(C)(C)C)cc3)cc12. The summed E-state index contributed by atoms with van der Waals surface area (Å²) < 4.78 is 40.7. The minimum atomic E-state index is -4.00. The molecular formula is C36H35NO7S. The van der Waals surface area contributed by atoms with Crippen LogP contribution < -0.4 is 0 Å². The predicted molar refractivity (Wildman–Crippen MR) is 173 cm³/mol. The van der Waals surface area contributed by atoms with E-state index >= 15 is 0 Å². The van der Waals surface area contributed by atoms with Gasteiger partial charge in [0.25, 0.3) is 0 Å². The highest BCUT2D eigenvalue weighted by Gasteiger charge is 2.27. The van der Waals surface area contributed by atoms with Crippen molar-refractivity contribution in [1.29, 1.82) is 0 Å². The van der Waals surface area contributed by atoms with Crippen molar-refractivity contribution in [2.45, 2.75) is 51.2 Å². The highest BCUT2D eigenvalue weighted by Crippen LogP contribution is 2.31. The molecule has 0 radical (unpaired) electrons. The van der Waals surface area contributed by atoms with E-state index in [4.69, 9.17) is 9.15 Å². The Balaban J connectivity index is 1.46. The van der Waals surface area contributed by atoms with Crippen molar-refractivity contribution in [2.75, 3.05) is 6.54 Å². The lowest BCUT2D eigenvalue weighted by Crippen LogP contribution is -2.32. The summed E-state index contributed by atoms with van der Waals surface area (Å²) in [5, 5.41) is 9.90. The summed E-state index contributed by atoms with van der Waals surface area (Å²) in [7, 11) is -4.00. The second-order valence-electron chi connectivity index (χ2n) is 11.8. The molecule has 0 saturated heterocycles. The molecule has 1 aromatic heterocycles. The number of nitrogens with zero attached hydrogens (tertiary/aromatic N) is 1. The maximum Gasteiger partial charge on any atom is 0.372 e. The molecular weight excluding hydrogens is 590 g/mol. The van der Waals surface area contributed by atoms with Crippen molar-refractivity contribution in [1.82, 2.24) is 4.31 Å². The molecule has 1 N–H and O–H groups in total. The number of hydrogen-bond acceptors (Lipinski definition) is 6. The van der Waals surface area contributed by atoms with Crippen LogP contribution in [0.25, 0.3) is 22.1 Å². The van der Waals surface area contributed by atoms with E-state index in [1.165, 1.54) is 22.5 Å². The summed E-state index contributed by atoms with van der Waals surface area (Å²) in [5.41, 5.74) is 3.77. The zero-order valence-electron chi connectivity index (χ0n) is 25.6. The molecule has 0 spiro atoms. The number of aromatic carboxylic acids is 1. The number of fused-ring (bicyclic) bond motifs is 1. The van der Waals surface area contributed by atoms with Crippen LogP contribution in [0.5, 0.6) is 0 Å². The Kier molecular flexibility index (Phi) is 8.95. The summed E-state index contributed by atoms with van der Waals surface area (Å²) in [6.07, 6.45) is 0.498. The van der Waals surface area contributed by atoms with E-state index < -0.39 is 27.6 Å². The molecule has 5 aromatic rings. The van der Waals surface area contributed by atoms with Crippen LogP contribution in [0.3, 0.4) is 0 Å². The molecule has 232 valence electrons. The lowest BCUT2D eigenvalue weighted by molar-refractivity contribution is 0.00702. The molecule has 0 aliphatic heterocycles. The number of aryl methyl sites for hydroxylation is 1. The zero-order chi connectivity index (χ0) is 32.4. The number of rotatable bonds is 10. The standard InChI is InChI=1S/C36H35NO7S/c1-24-31-22-28(18-19-32(31)43-33(24)34(38)39)45(41,42)37(21-20-25-10-6-5-7-11-25)23-26-14-16-27(17-15-26)29-12-8-9-13-30(29)35(40)44-36(2,3)4/h5-19,22H,20-21,23H2,1-4H3,(H,38,39). The first kappa shape index (κ1) is 31.7. The van der Waals surface area contributed by atoms with E-state index in [-0.39, 0.29) is 23.7 Å². The van der Waals surface area contributed by atoms with Gasteiger partial charge >= 0.3 is 11.9 Å². The molecule has 9 heteroatoms. The molecule has 0 fully saturated rings. The van der Waals surface area contributed by atoms with Crippen LogP contribution in [0.15, 0.2) is 106 Å². The van der Waals surface area contributed by atoms with Gasteiger partial charge in [0.1, 0.15) is 11.2 Å². The first-order valence-corrected chi connectivity index (χ1v) is 16.0. The summed E-state index contributed by atoms with van der Waals surface area (Å²) in [5.74, 6) is -1.84. The minimum absolute atomic E-state index is 0.0480. The third kappa shape index (κ3) is 7.16. The number of benzene rings is 4. The predicted octanol–water partition coefficient (Wildman–Crippen LogP) is 7.50. The number of ether oxygens (including phenoxy) is 1. The smallest absolute Gasteiger partial charge is 0.372 e. The lowest BCUT2D eigenvalue weighted by atomic mass is 9.98. The second-order valence-corrected chi connectivity index (χ2v) is 13.8. The van der Waals surface area contributed by atoms with E-state index in [1.54, 1.807) is 19.1 Å². The average molecular weight is 626 g/mol. The van der Waals surface area contributed by atoms with Gasteiger partial charge in [-0.3, -0.25) is 0 Å². The summed E-state index contributed by atoms with van der Waals surface area (Å²) in [4.78, 5) is 24.5. The van der Waals surface area contributed by atoms with Crippen LogP contribution in [0.2, 0.25) is 0 Å². The quantitative estimate of drug-likeness (QED) is 0.160. The van der Waals surface area contributed by atoms with Crippen molar-refractivity contribution in [3.8, 4) is 11.1 Å². The molecule has 1 heterocycles. The number of esters is 1. The molecule has 45 heavy (non-hydrogen) atoms. The summed E-state index contributed by atoms with van der Waals surface area (Å²) >= 11 is 0. The molecule has 0 aliphatic rings. The van der Waals surface area contributed by atoms with E-state index in [1.807, 2.05) is 87.5 Å². The molecule has 0 unspecified atom stereocenters. The number of sulfonamides is 1. The average Bonchev–Trinajstić information content (AvgIpc) is 3.35. The van der Waals surface area contributed by atoms with E-state index in [9.17, 15) is 23.1 Å². The van der Waals surface area contributed by atoms with Gasteiger partial charge in [-0.05, 0) is 80.6 Å². The first-order valence-electron chi connectivity index (χ1n) is 14.6. The lowest BCUT2D eigenvalue weighted by Gasteiger charge is -2.23. The van der Waals surface area contributed by atoms with Gasteiger partial charge in [0, 0.05) is 24.0 Å². The number of carboxylic acid groups (broad SMARTS) is 1. The van der Waals surface area contributed by atoms with Crippen molar-refractivity contribution < 1.29 is 32.3 Å². The molecule has 0 atom stereocenters. The van der Waals surface area contributed by atoms with Crippen molar-refractivity contribution >= 4 is 32.9 Å². The topological polar surface area (TPSA) is 114 Å². The first-order chi connectivity index (χ1) is 21.3. The maximum atomic E-state index is 14.1. The molecule has 0 aliphatic carbocycles. The Bertz CT molecular complexity index is 1950. The fraction of sp³-hybridized carbons (Fsp3) is 0.222. The largest absolute Gasteiger partial charge is 0.475 e. The summed E-state index contributed by atoms with van der Waals surface area (Å²) in [6.45, 7) is 7.39. The Morgan fingerprint density at radius 2 is 1.53 bits per heavy atom. The minimum Gasteiger partial charge on any atom is -0.475 e. The van der Waals surface area contributed by atoms with E-state index in [2.05, 4.69) is 0 Å². The third-order valence-electron chi connectivity index (χ3n) is 7.40.